The van der Waals surface area contributed by atoms with Crippen LogP contribution in [0, 0.1) is 13.8 Å². The Balaban J connectivity index is 1.67. The monoisotopic (exact) mass is 443 g/mol. The van der Waals surface area contributed by atoms with E-state index in [0.717, 1.165) is 28.9 Å². The topological polar surface area (TPSA) is 64.0 Å². The molecule has 0 fully saturated rings. The summed E-state index contributed by atoms with van der Waals surface area (Å²) in [6, 6.07) is 21.1. The van der Waals surface area contributed by atoms with Crippen molar-refractivity contribution in [1.82, 2.24) is 9.55 Å². The fourth-order valence-corrected chi connectivity index (χ4v) is 4.32. The van der Waals surface area contributed by atoms with Crippen LogP contribution in [0.4, 0.5) is 5.69 Å². The number of thioether (sulfide) groups is 1. The molecule has 32 heavy (non-hydrogen) atoms. The quantitative estimate of drug-likeness (QED) is 0.325. The van der Waals surface area contributed by atoms with Gasteiger partial charge < -0.3 is 5.32 Å². The van der Waals surface area contributed by atoms with Crippen molar-refractivity contribution >= 4 is 34.3 Å². The molecule has 1 amide bonds. The summed E-state index contributed by atoms with van der Waals surface area (Å²) in [6.45, 7) is 6.05. The normalized spacial score (nSPS) is 11.0. The number of hydrogen-bond acceptors (Lipinski definition) is 4. The number of nitrogens with zero attached hydrogens (tertiary/aromatic N) is 2. The lowest BCUT2D eigenvalue weighted by atomic mass is 10.1. The molecule has 0 saturated heterocycles. The van der Waals surface area contributed by atoms with Gasteiger partial charge >= 0.3 is 0 Å². The second kappa shape index (κ2) is 9.40. The number of nitrogens with one attached hydrogen (secondary N) is 1. The number of rotatable bonds is 6. The zero-order chi connectivity index (χ0) is 22.7. The zero-order valence-electron chi connectivity index (χ0n) is 18.4. The van der Waals surface area contributed by atoms with Gasteiger partial charge in [0.1, 0.15) is 0 Å². The minimum Gasteiger partial charge on any atom is -0.325 e. The number of hydrogen-bond donors (Lipinski definition) is 1. The molecule has 0 saturated carbocycles. The smallest absolute Gasteiger partial charge is 0.266 e. The van der Waals surface area contributed by atoms with E-state index >= 15 is 0 Å². The summed E-state index contributed by atoms with van der Waals surface area (Å²) in [5.74, 6) is 0.00423. The molecular weight excluding hydrogens is 418 g/mol. The van der Waals surface area contributed by atoms with Gasteiger partial charge in [0.2, 0.25) is 5.91 Å². The van der Waals surface area contributed by atoms with Crippen LogP contribution < -0.4 is 10.9 Å². The van der Waals surface area contributed by atoms with Crippen LogP contribution >= 0.6 is 11.8 Å². The number of amides is 1. The van der Waals surface area contributed by atoms with Crippen molar-refractivity contribution in [3.63, 3.8) is 0 Å². The molecule has 0 aliphatic carbocycles. The van der Waals surface area contributed by atoms with Crippen LogP contribution in [0.25, 0.3) is 16.6 Å². The van der Waals surface area contributed by atoms with E-state index in [1.165, 1.54) is 17.3 Å². The molecule has 3 aromatic carbocycles. The molecule has 0 bridgehead atoms. The number of benzene rings is 3. The second-order valence-corrected chi connectivity index (χ2v) is 8.67. The number of anilines is 1. The Labute approximate surface area is 191 Å². The molecule has 6 heteroatoms. The molecule has 0 atom stereocenters. The highest BCUT2D eigenvalue weighted by Crippen LogP contribution is 2.23. The minimum absolute atomic E-state index is 0.140. The first kappa shape index (κ1) is 21.8. The zero-order valence-corrected chi connectivity index (χ0v) is 19.2. The minimum atomic E-state index is -0.141. The van der Waals surface area contributed by atoms with Crippen LogP contribution in [0.15, 0.2) is 76.7 Å². The number of carbonyl (C=O) groups excluding carboxylic acids is 1. The third kappa shape index (κ3) is 4.60. The molecule has 4 rings (SSSR count). The van der Waals surface area contributed by atoms with Gasteiger partial charge in [-0.05, 0) is 67.3 Å². The van der Waals surface area contributed by atoms with Gasteiger partial charge in [-0.25, -0.2) is 4.98 Å². The van der Waals surface area contributed by atoms with Crippen molar-refractivity contribution < 1.29 is 4.79 Å². The van der Waals surface area contributed by atoms with Crippen LogP contribution in [-0.2, 0) is 11.2 Å². The van der Waals surface area contributed by atoms with Crippen molar-refractivity contribution in [3.8, 4) is 5.69 Å². The van der Waals surface area contributed by atoms with E-state index in [9.17, 15) is 9.59 Å². The lowest BCUT2D eigenvalue weighted by Crippen LogP contribution is -2.23. The molecule has 5 nitrogen and oxygen atoms in total. The van der Waals surface area contributed by atoms with Crippen LogP contribution in [0.1, 0.15) is 23.6 Å². The summed E-state index contributed by atoms with van der Waals surface area (Å²) in [4.78, 5) is 30.7. The molecule has 1 heterocycles. The molecular formula is C26H25N3O2S. The Kier molecular flexibility index (Phi) is 6.42. The summed E-state index contributed by atoms with van der Waals surface area (Å²) in [6.07, 6.45) is 0.922. The fourth-order valence-electron chi connectivity index (χ4n) is 3.50. The van der Waals surface area contributed by atoms with E-state index in [1.807, 2.05) is 74.5 Å². The van der Waals surface area contributed by atoms with Gasteiger partial charge in [0.25, 0.3) is 5.56 Å². The molecule has 0 spiro atoms. The van der Waals surface area contributed by atoms with E-state index < -0.39 is 0 Å². The lowest BCUT2D eigenvalue weighted by Gasteiger charge is -2.14. The van der Waals surface area contributed by atoms with Gasteiger partial charge in [-0.1, -0.05) is 55.1 Å². The molecule has 1 N–H and O–H groups in total. The van der Waals surface area contributed by atoms with E-state index in [4.69, 9.17) is 4.98 Å². The number of aryl methyl sites for hydroxylation is 3. The maximum Gasteiger partial charge on any atom is 0.266 e. The van der Waals surface area contributed by atoms with E-state index in [-0.39, 0.29) is 17.2 Å². The van der Waals surface area contributed by atoms with Gasteiger partial charge in [0.15, 0.2) is 5.16 Å². The average Bonchev–Trinajstić information content (AvgIpc) is 2.80. The molecule has 1 aromatic heterocycles. The Morgan fingerprint density at radius 1 is 1.03 bits per heavy atom. The average molecular weight is 444 g/mol. The largest absolute Gasteiger partial charge is 0.325 e. The van der Waals surface area contributed by atoms with E-state index in [2.05, 4.69) is 12.2 Å². The van der Waals surface area contributed by atoms with Gasteiger partial charge in [0.05, 0.1) is 22.3 Å². The van der Waals surface area contributed by atoms with Crippen molar-refractivity contribution in [2.45, 2.75) is 32.3 Å². The number of para-hydroxylation sites is 1. The first-order valence-corrected chi connectivity index (χ1v) is 11.6. The fraction of sp³-hybridized carbons (Fsp3) is 0.192. The number of carbonyl (C=O) groups is 1. The molecule has 162 valence electrons. The maximum atomic E-state index is 13.3. The van der Waals surface area contributed by atoms with Crippen molar-refractivity contribution in [2.24, 2.45) is 0 Å². The van der Waals surface area contributed by atoms with Crippen LogP contribution in [-0.4, -0.2) is 21.2 Å². The molecule has 4 aromatic rings. The van der Waals surface area contributed by atoms with Gasteiger partial charge in [-0.15, -0.1) is 0 Å². The summed E-state index contributed by atoms with van der Waals surface area (Å²) in [5, 5.41) is 4.02. The summed E-state index contributed by atoms with van der Waals surface area (Å²) in [7, 11) is 0. The number of aromatic nitrogens is 2. The summed E-state index contributed by atoms with van der Waals surface area (Å²) < 4.78 is 1.59. The van der Waals surface area contributed by atoms with Crippen molar-refractivity contribution in [2.75, 3.05) is 11.1 Å². The second-order valence-electron chi connectivity index (χ2n) is 7.73. The number of fused-ring (bicyclic) bond motifs is 1. The SMILES string of the molecule is CCc1ccc(-n2c(SCC(=O)Nc3cc(C)ccc3C)nc3ccccc3c2=O)cc1. The Morgan fingerprint density at radius 3 is 2.53 bits per heavy atom. The maximum absolute atomic E-state index is 13.3. The Hall–Kier alpha value is -3.38. The Morgan fingerprint density at radius 2 is 1.78 bits per heavy atom. The summed E-state index contributed by atoms with van der Waals surface area (Å²) in [5.41, 5.74) is 5.30. The first-order valence-electron chi connectivity index (χ1n) is 10.6. The van der Waals surface area contributed by atoms with Crippen LogP contribution in [0.3, 0.4) is 0 Å². The molecule has 0 radical (unpaired) electrons. The molecule has 0 aliphatic rings. The summed E-state index contributed by atoms with van der Waals surface area (Å²) >= 11 is 1.26. The molecule has 0 aliphatic heterocycles. The van der Waals surface area contributed by atoms with Crippen molar-refractivity contribution in [3.05, 3.63) is 93.8 Å². The third-order valence-electron chi connectivity index (χ3n) is 5.35. The Bertz CT molecular complexity index is 1340. The van der Waals surface area contributed by atoms with E-state index in [1.54, 1.807) is 10.6 Å². The van der Waals surface area contributed by atoms with Gasteiger partial charge in [-0.2, -0.15) is 0 Å². The lowest BCUT2D eigenvalue weighted by molar-refractivity contribution is -0.113. The van der Waals surface area contributed by atoms with E-state index in [0.29, 0.717) is 16.1 Å². The highest BCUT2D eigenvalue weighted by molar-refractivity contribution is 7.99. The van der Waals surface area contributed by atoms with Crippen molar-refractivity contribution in [1.29, 1.82) is 0 Å². The standard InChI is InChI=1S/C26H25N3O2S/c1-4-19-11-13-20(14-12-19)29-25(31)21-7-5-6-8-22(21)28-26(29)32-16-24(30)27-23-15-17(2)9-10-18(23)3/h5-15H,4,16H2,1-3H3,(H,27,30). The predicted molar refractivity (Wildman–Crippen MR) is 132 cm³/mol. The van der Waals surface area contributed by atoms with Gasteiger partial charge in [-0.3, -0.25) is 14.2 Å². The highest BCUT2D eigenvalue weighted by Gasteiger charge is 2.15. The third-order valence-corrected chi connectivity index (χ3v) is 6.29. The van der Waals surface area contributed by atoms with Gasteiger partial charge in [0, 0.05) is 5.69 Å². The predicted octanol–water partition coefficient (Wildman–Crippen LogP) is 5.30. The molecule has 0 unspecified atom stereocenters. The first-order chi connectivity index (χ1) is 15.5. The van der Waals surface area contributed by atoms with Crippen LogP contribution in [0.5, 0.6) is 0 Å². The highest BCUT2D eigenvalue weighted by atomic mass is 32.2. The van der Waals surface area contributed by atoms with Crippen LogP contribution in [0.2, 0.25) is 0 Å².